The first kappa shape index (κ1) is 31.0. The molecule has 1 aliphatic carbocycles. The first-order chi connectivity index (χ1) is 19.5. The zero-order chi connectivity index (χ0) is 30.8. The molecule has 0 fully saturated rings. The van der Waals surface area contributed by atoms with Gasteiger partial charge in [0, 0.05) is 60.9 Å². The molecule has 226 valence electrons. The van der Waals surface area contributed by atoms with E-state index in [0.29, 0.717) is 11.3 Å². The Kier molecular flexibility index (Phi) is 7.82. The molecule has 0 amide bonds. The third-order valence-electron chi connectivity index (χ3n) is 8.98. The Morgan fingerprint density at radius 1 is 0.952 bits per heavy atom. The maximum Gasteiger partial charge on any atom is 0.269 e. The molecule has 2 heterocycles. The van der Waals surface area contributed by atoms with Crippen LogP contribution in [0, 0.1) is 0 Å². The molecule has 2 aliphatic heterocycles. The Morgan fingerprint density at radius 2 is 1.67 bits per heavy atom. The van der Waals surface area contributed by atoms with Crippen molar-refractivity contribution in [2.75, 3.05) is 29.5 Å². The molecular weight excluding hydrogens is 572 g/mol. The zero-order valence-corrected chi connectivity index (χ0v) is 27.2. The molecule has 0 atom stereocenters. The lowest BCUT2D eigenvalue weighted by Crippen LogP contribution is -2.50. The van der Waals surface area contributed by atoms with Crippen LogP contribution in [-0.4, -0.2) is 53.9 Å². The fourth-order valence-electron chi connectivity index (χ4n) is 7.29. The number of rotatable bonds is 8. The van der Waals surface area contributed by atoms with Crippen LogP contribution in [0.2, 0.25) is 0 Å². The van der Waals surface area contributed by atoms with Crippen molar-refractivity contribution in [3.63, 3.8) is 0 Å². The van der Waals surface area contributed by atoms with Gasteiger partial charge in [-0.2, -0.15) is 8.42 Å². The van der Waals surface area contributed by atoms with E-state index in [1.54, 1.807) is 0 Å². The van der Waals surface area contributed by atoms with E-state index in [4.69, 9.17) is 9.59 Å². The number of likely N-dealkylation sites (N-methyl/N-ethyl adjacent to an activating group) is 2. The number of nitrogens with zero attached hydrogens (tertiary/aromatic N) is 2. The van der Waals surface area contributed by atoms with Crippen molar-refractivity contribution in [2.24, 2.45) is 0 Å². The second kappa shape index (κ2) is 10.6. The Balaban J connectivity index is 1.78. The predicted molar refractivity (Wildman–Crippen MR) is 170 cm³/mol. The number of benzene rings is 2. The summed E-state index contributed by atoms with van der Waals surface area (Å²) in [6.07, 6.45) is 6.39. The van der Waals surface area contributed by atoms with E-state index >= 15 is 0 Å². The SMILES string of the molecule is CCN1c2cc3c(cc2C(CSOOO)=CC1(C)C)C=c1cc2c(cc1C3(C)C)=[N+](CC)C(C)(C)C=C2CS(=O)(=O)O. The molecule has 3 aliphatic rings. The number of hydrogen-bond donors (Lipinski definition) is 2. The maximum absolute atomic E-state index is 12.0. The second-order valence-electron chi connectivity index (χ2n) is 12.9. The summed E-state index contributed by atoms with van der Waals surface area (Å²) in [7, 11) is -4.22. The first-order valence-electron chi connectivity index (χ1n) is 14.3. The highest BCUT2D eigenvalue weighted by atomic mass is 32.2. The van der Waals surface area contributed by atoms with Crippen LogP contribution in [-0.2, 0) is 24.9 Å². The molecule has 5 rings (SSSR count). The van der Waals surface area contributed by atoms with E-state index in [2.05, 4.69) is 106 Å². The molecule has 0 saturated carbocycles. The van der Waals surface area contributed by atoms with Gasteiger partial charge >= 0.3 is 0 Å². The lowest BCUT2D eigenvalue weighted by molar-refractivity contribution is -0.432. The van der Waals surface area contributed by atoms with Crippen LogP contribution < -0.4 is 20.1 Å². The van der Waals surface area contributed by atoms with E-state index < -0.39 is 21.4 Å². The summed E-state index contributed by atoms with van der Waals surface area (Å²) >= 11 is 1.03. The van der Waals surface area contributed by atoms with Gasteiger partial charge in [-0.3, -0.25) is 4.55 Å². The van der Waals surface area contributed by atoms with Gasteiger partial charge in [-0.15, -0.1) is 4.33 Å². The topological polar surface area (TPSA) is 99.3 Å². The third kappa shape index (κ3) is 5.27. The molecule has 0 aromatic heterocycles. The Bertz CT molecular complexity index is 1750. The normalized spacial score (nSPS) is 19.6. The van der Waals surface area contributed by atoms with E-state index in [1.165, 1.54) is 11.1 Å². The predicted octanol–water partition coefficient (Wildman–Crippen LogP) is 4.80. The Hall–Kier alpha value is -2.47. The lowest BCUT2D eigenvalue weighted by atomic mass is 9.70. The van der Waals surface area contributed by atoms with Crippen molar-refractivity contribution >= 4 is 45.1 Å². The van der Waals surface area contributed by atoms with Gasteiger partial charge in [0.05, 0.1) is 11.1 Å². The minimum Gasteiger partial charge on any atom is -0.363 e. The van der Waals surface area contributed by atoms with Crippen LogP contribution in [0.15, 0.2) is 36.4 Å². The van der Waals surface area contributed by atoms with E-state index in [0.717, 1.165) is 63.7 Å². The highest BCUT2D eigenvalue weighted by Gasteiger charge is 2.39. The first-order valence-corrected chi connectivity index (χ1v) is 16.8. The lowest BCUT2D eigenvalue weighted by Gasteiger charge is -2.44. The van der Waals surface area contributed by atoms with Gasteiger partial charge in [-0.05, 0) is 91.1 Å². The standard InChI is InChI=1S/C32H40N2O6S2/c1-9-33-28-14-26-20(12-24(28)22(16-30(33,3)4)18-41-40-39-35)11-21-13-25-23(19-42(36,37)38)17-31(5,6)34(10-2)29(25)15-27(21)32(26,7)8/h11-17H,9-10,18-19H2,1-8H3,(H-,35,36,37,38)/p+1. The molecule has 42 heavy (non-hydrogen) atoms. The third-order valence-corrected chi connectivity index (χ3v) is 10.2. The summed E-state index contributed by atoms with van der Waals surface area (Å²) in [4.78, 5) is 2.41. The van der Waals surface area contributed by atoms with Crippen LogP contribution >= 0.6 is 12.0 Å². The molecule has 0 bridgehead atoms. The quantitative estimate of drug-likeness (QED) is 0.109. The Morgan fingerprint density at radius 3 is 2.29 bits per heavy atom. The number of fused-ring (bicyclic) bond motifs is 4. The molecule has 0 spiro atoms. The summed E-state index contributed by atoms with van der Waals surface area (Å²) in [5.74, 6) is 0.0641. The molecule has 2 aromatic carbocycles. The van der Waals surface area contributed by atoms with Gasteiger partial charge in [0.25, 0.3) is 10.1 Å². The van der Waals surface area contributed by atoms with Crippen molar-refractivity contribution in [2.45, 2.75) is 71.9 Å². The molecular formula is C32H41N2O6S2+. The molecule has 2 aromatic rings. The van der Waals surface area contributed by atoms with Crippen molar-refractivity contribution in [3.8, 4) is 0 Å². The van der Waals surface area contributed by atoms with Crippen LogP contribution in [0.5, 0.6) is 0 Å². The van der Waals surface area contributed by atoms with Crippen LogP contribution in [0.25, 0.3) is 17.2 Å². The number of anilines is 1. The van der Waals surface area contributed by atoms with E-state index in [9.17, 15) is 13.0 Å². The highest BCUT2D eigenvalue weighted by Crippen LogP contribution is 2.45. The van der Waals surface area contributed by atoms with Crippen molar-refractivity contribution in [1.82, 2.24) is 4.58 Å². The number of hydrogen-bond acceptors (Lipinski definition) is 7. The van der Waals surface area contributed by atoms with Gasteiger partial charge in [-0.1, -0.05) is 25.0 Å². The smallest absolute Gasteiger partial charge is 0.269 e. The molecule has 0 radical (unpaired) electrons. The van der Waals surface area contributed by atoms with Crippen molar-refractivity contribution in [1.29, 1.82) is 0 Å². The average Bonchev–Trinajstić information content (AvgIpc) is 2.86. The summed E-state index contributed by atoms with van der Waals surface area (Å²) in [5.41, 5.74) is 7.29. The van der Waals surface area contributed by atoms with Gasteiger partial charge in [0.1, 0.15) is 12.3 Å². The van der Waals surface area contributed by atoms with Crippen molar-refractivity contribution < 1.29 is 27.6 Å². The van der Waals surface area contributed by atoms with Crippen LogP contribution in [0.3, 0.4) is 0 Å². The molecule has 8 nitrogen and oxygen atoms in total. The minimum atomic E-state index is -4.22. The zero-order valence-electron chi connectivity index (χ0n) is 25.6. The second-order valence-corrected chi connectivity index (χ2v) is 15.1. The summed E-state index contributed by atoms with van der Waals surface area (Å²) in [6, 6.07) is 8.86. The van der Waals surface area contributed by atoms with Gasteiger partial charge in [0.2, 0.25) is 5.36 Å². The van der Waals surface area contributed by atoms with Gasteiger partial charge in [-0.25, -0.2) is 9.83 Å². The summed E-state index contributed by atoms with van der Waals surface area (Å²) < 4.78 is 40.9. The van der Waals surface area contributed by atoms with Crippen molar-refractivity contribution in [3.05, 3.63) is 74.8 Å². The summed E-state index contributed by atoms with van der Waals surface area (Å²) in [5, 5.41) is 14.5. The van der Waals surface area contributed by atoms with Crippen LogP contribution in [0.4, 0.5) is 5.69 Å². The maximum atomic E-state index is 12.0. The molecule has 2 N–H and O–H groups in total. The minimum absolute atomic E-state index is 0.228. The van der Waals surface area contributed by atoms with Gasteiger partial charge in [0.15, 0.2) is 5.54 Å². The molecule has 0 unspecified atom stereocenters. The Labute approximate surface area is 252 Å². The molecule has 0 saturated heterocycles. The van der Waals surface area contributed by atoms with Crippen LogP contribution in [0.1, 0.15) is 83.2 Å². The van der Waals surface area contributed by atoms with Gasteiger partial charge < -0.3 is 4.90 Å². The average molecular weight is 614 g/mol. The summed E-state index contributed by atoms with van der Waals surface area (Å²) in [6.45, 7) is 18.9. The highest BCUT2D eigenvalue weighted by molar-refractivity contribution is 7.95. The fourth-order valence-corrected chi connectivity index (χ4v) is 8.38. The van der Waals surface area contributed by atoms with E-state index in [1.807, 2.05) is 6.08 Å². The monoisotopic (exact) mass is 613 g/mol. The fraction of sp³-hybridized carbons (Fsp3) is 0.469. The molecule has 10 heteroatoms. The van der Waals surface area contributed by atoms with E-state index in [-0.39, 0.29) is 11.0 Å². The largest absolute Gasteiger partial charge is 0.363 e.